The first-order chi connectivity index (χ1) is 22.1. The van der Waals surface area contributed by atoms with Gasteiger partial charge in [0.15, 0.2) is 0 Å². The minimum atomic E-state index is -0.475. The number of likely N-dealkylation sites (tertiary alicyclic amines) is 1. The summed E-state index contributed by atoms with van der Waals surface area (Å²) < 4.78 is 24.8. The lowest BCUT2D eigenvalue weighted by Gasteiger charge is -2.40. The van der Waals surface area contributed by atoms with E-state index in [1.165, 1.54) is 24.8 Å². The SMILES string of the molecule is COC(=O)c1cc2c(nc1C)CCN(C1CCN(Cc3cc(C4CC4)c(-c4ccc(F)cc4)nc3OC(C)C)CC1)C2=O.O=CO. The number of rotatable bonds is 8. The van der Waals surface area contributed by atoms with E-state index >= 15 is 0 Å². The molecule has 1 saturated carbocycles. The van der Waals surface area contributed by atoms with E-state index in [4.69, 9.17) is 24.4 Å². The monoisotopic (exact) mass is 632 g/mol. The van der Waals surface area contributed by atoms with Crippen LogP contribution in [0.1, 0.15) is 88.7 Å². The molecule has 1 aromatic carbocycles. The van der Waals surface area contributed by atoms with Gasteiger partial charge in [0.05, 0.1) is 41.4 Å². The van der Waals surface area contributed by atoms with Crippen molar-refractivity contribution in [2.24, 2.45) is 0 Å². The molecule has 1 saturated heterocycles. The van der Waals surface area contributed by atoms with E-state index in [0.717, 1.165) is 61.3 Å². The fraction of sp³-hybridized carbons (Fsp3) is 0.457. The Morgan fingerprint density at radius 1 is 1.09 bits per heavy atom. The van der Waals surface area contributed by atoms with E-state index in [-0.39, 0.29) is 30.3 Å². The van der Waals surface area contributed by atoms with Crippen LogP contribution >= 0.6 is 0 Å². The molecule has 4 heterocycles. The van der Waals surface area contributed by atoms with Gasteiger partial charge in [-0.1, -0.05) is 0 Å². The lowest BCUT2D eigenvalue weighted by molar-refractivity contribution is -0.122. The highest BCUT2D eigenvalue weighted by Gasteiger charge is 2.35. The number of amides is 1. The average molecular weight is 633 g/mol. The molecule has 0 unspecified atom stereocenters. The molecule has 10 nitrogen and oxygen atoms in total. The summed E-state index contributed by atoms with van der Waals surface area (Å²) in [6, 6.07) is 10.6. The highest BCUT2D eigenvalue weighted by atomic mass is 19.1. The van der Waals surface area contributed by atoms with Gasteiger partial charge in [-0.05, 0) is 94.3 Å². The molecule has 11 heteroatoms. The number of esters is 1. The minimum Gasteiger partial charge on any atom is -0.483 e. The van der Waals surface area contributed by atoms with Gasteiger partial charge in [-0.3, -0.25) is 19.5 Å². The van der Waals surface area contributed by atoms with Crippen molar-refractivity contribution in [1.29, 1.82) is 0 Å². The number of nitrogens with zero attached hydrogens (tertiary/aromatic N) is 4. The first-order valence-corrected chi connectivity index (χ1v) is 15.8. The predicted octanol–water partition coefficient (Wildman–Crippen LogP) is 5.41. The topological polar surface area (TPSA) is 122 Å². The summed E-state index contributed by atoms with van der Waals surface area (Å²) in [6.45, 7) is 8.57. The van der Waals surface area contributed by atoms with Crippen LogP contribution in [0.5, 0.6) is 5.88 Å². The Hall–Kier alpha value is -4.38. The van der Waals surface area contributed by atoms with Crippen LogP contribution in [0.25, 0.3) is 11.3 Å². The average Bonchev–Trinajstić information content (AvgIpc) is 3.88. The van der Waals surface area contributed by atoms with Crippen LogP contribution in [0.3, 0.4) is 0 Å². The van der Waals surface area contributed by atoms with Crippen molar-refractivity contribution in [1.82, 2.24) is 19.8 Å². The zero-order chi connectivity index (χ0) is 33.0. The molecule has 0 bridgehead atoms. The van der Waals surface area contributed by atoms with Crippen molar-refractivity contribution in [3.63, 3.8) is 0 Å². The standard InChI is InChI=1S/C34H39FN4O4.CH2O2/c1-20(2)43-32-24(17-28(22-5-6-22)31(37-32)23-7-9-25(35)10-8-23)19-38-14-11-26(12-15-38)39-16-13-30-29(33(39)40)18-27(21(3)36-30)34(41)42-4;2-1-3/h7-10,17-18,20,22,26H,5-6,11-16,19H2,1-4H3;1H,(H,2,3). The second-order valence-corrected chi connectivity index (χ2v) is 12.3. The zero-order valence-electron chi connectivity index (χ0n) is 26.8. The number of hydrogen-bond donors (Lipinski definition) is 1. The Balaban J connectivity index is 0.00000134. The first-order valence-electron chi connectivity index (χ1n) is 15.8. The molecule has 1 aliphatic carbocycles. The number of methoxy groups -OCH3 is 1. The number of hydrogen-bond acceptors (Lipinski definition) is 8. The number of fused-ring (bicyclic) bond motifs is 1. The molecule has 1 N–H and O–H groups in total. The van der Waals surface area contributed by atoms with Crippen LogP contribution in [0, 0.1) is 12.7 Å². The molecule has 46 heavy (non-hydrogen) atoms. The maximum absolute atomic E-state index is 13.7. The first kappa shape index (κ1) is 33.0. The normalized spacial score (nSPS) is 16.8. The van der Waals surface area contributed by atoms with E-state index in [1.54, 1.807) is 25.1 Å². The van der Waals surface area contributed by atoms with E-state index in [2.05, 4.69) is 16.0 Å². The predicted molar refractivity (Wildman–Crippen MR) is 169 cm³/mol. The second kappa shape index (κ2) is 14.4. The molecule has 0 radical (unpaired) electrons. The van der Waals surface area contributed by atoms with Gasteiger partial charge in [0.25, 0.3) is 12.4 Å². The van der Waals surface area contributed by atoms with Crippen molar-refractivity contribution in [3.8, 4) is 17.1 Å². The Morgan fingerprint density at radius 3 is 2.37 bits per heavy atom. The molecule has 244 valence electrons. The molecular formula is C35H41FN4O6. The molecular weight excluding hydrogens is 591 g/mol. The number of benzene rings is 1. The van der Waals surface area contributed by atoms with Crippen molar-refractivity contribution in [2.75, 3.05) is 26.7 Å². The fourth-order valence-electron chi connectivity index (χ4n) is 6.35. The molecule has 1 amide bonds. The molecule has 2 aliphatic heterocycles. The molecule has 0 spiro atoms. The van der Waals surface area contributed by atoms with E-state index in [0.29, 0.717) is 48.1 Å². The Kier molecular flexibility index (Phi) is 10.3. The number of carbonyl (C=O) groups excluding carboxylic acids is 2. The van der Waals surface area contributed by atoms with Crippen LogP contribution in [-0.2, 0) is 22.5 Å². The van der Waals surface area contributed by atoms with E-state index in [9.17, 15) is 14.0 Å². The Labute approximate surface area is 268 Å². The van der Waals surface area contributed by atoms with Crippen molar-refractivity contribution >= 4 is 18.3 Å². The third kappa shape index (κ3) is 7.36. The number of aryl methyl sites for hydroxylation is 1. The van der Waals surface area contributed by atoms with Gasteiger partial charge in [-0.25, -0.2) is 14.2 Å². The lowest BCUT2D eigenvalue weighted by Crippen LogP contribution is -2.50. The molecule has 6 rings (SSSR count). The summed E-state index contributed by atoms with van der Waals surface area (Å²) in [6.07, 6.45) is 4.64. The number of aromatic nitrogens is 2. The van der Waals surface area contributed by atoms with E-state index in [1.807, 2.05) is 18.7 Å². The summed E-state index contributed by atoms with van der Waals surface area (Å²) in [7, 11) is 1.34. The van der Waals surface area contributed by atoms with Crippen LogP contribution < -0.4 is 4.74 Å². The highest BCUT2D eigenvalue weighted by Crippen LogP contribution is 2.45. The van der Waals surface area contributed by atoms with Crippen LogP contribution in [0.15, 0.2) is 36.4 Å². The minimum absolute atomic E-state index is 0.0317. The van der Waals surface area contributed by atoms with Gasteiger partial charge < -0.3 is 19.5 Å². The Morgan fingerprint density at radius 2 is 1.76 bits per heavy atom. The van der Waals surface area contributed by atoms with E-state index < -0.39 is 5.97 Å². The maximum atomic E-state index is 13.7. The lowest BCUT2D eigenvalue weighted by atomic mass is 9.95. The summed E-state index contributed by atoms with van der Waals surface area (Å²) in [5.74, 6) is 0.309. The van der Waals surface area contributed by atoms with Crippen molar-refractivity contribution in [2.45, 2.75) is 77.5 Å². The molecule has 2 aromatic heterocycles. The smallest absolute Gasteiger partial charge is 0.339 e. The largest absolute Gasteiger partial charge is 0.483 e. The quantitative estimate of drug-likeness (QED) is 0.257. The van der Waals surface area contributed by atoms with Gasteiger partial charge >= 0.3 is 5.97 Å². The van der Waals surface area contributed by atoms with Crippen LogP contribution in [0.4, 0.5) is 4.39 Å². The molecule has 3 aromatic rings. The van der Waals surface area contributed by atoms with Gasteiger partial charge in [0, 0.05) is 49.8 Å². The summed E-state index contributed by atoms with van der Waals surface area (Å²) in [5.41, 5.74) is 6.26. The third-order valence-corrected chi connectivity index (χ3v) is 8.74. The molecule has 0 atom stereocenters. The van der Waals surface area contributed by atoms with Crippen LogP contribution in [-0.4, -0.2) is 82.1 Å². The highest BCUT2D eigenvalue weighted by molar-refractivity contribution is 6.00. The van der Waals surface area contributed by atoms with Crippen LogP contribution in [0.2, 0.25) is 0 Å². The number of piperidine rings is 1. The van der Waals surface area contributed by atoms with Crippen molar-refractivity contribution in [3.05, 3.63) is 75.9 Å². The number of ether oxygens (including phenoxy) is 2. The fourth-order valence-corrected chi connectivity index (χ4v) is 6.35. The Bertz CT molecular complexity index is 1580. The molecule has 3 aliphatic rings. The number of pyridine rings is 2. The van der Waals surface area contributed by atoms with Gasteiger partial charge in [-0.2, -0.15) is 0 Å². The van der Waals surface area contributed by atoms with Crippen molar-refractivity contribution < 1.29 is 33.4 Å². The maximum Gasteiger partial charge on any atom is 0.339 e. The second-order valence-electron chi connectivity index (χ2n) is 12.3. The third-order valence-electron chi connectivity index (χ3n) is 8.74. The van der Waals surface area contributed by atoms with Gasteiger partial charge in [0.2, 0.25) is 5.88 Å². The summed E-state index contributed by atoms with van der Waals surface area (Å²) >= 11 is 0. The zero-order valence-corrected chi connectivity index (χ0v) is 26.8. The summed E-state index contributed by atoms with van der Waals surface area (Å²) in [5, 5.41) is 6.89. The molecule has 2 fully saturated rings. The number of carboxylic acid groups (broad SMARTS) is 1. The van der Waals surface area contributed by atoms with Gasteiger partial charge in [-0.15, -0.1) is 0 Å². The number of carbonyl (C=O) groups is 3. The van der Waals surface area contributed by atoms with Gasteiger partial charge in [0.1, 0.15) is 5.82 Å². The summed E-state index contributed by atoms with van der Waals surface area (Å²) in [4.78, 5) is 48.1. The number of halogens is 1.